The summed E-state index contributed by atoms with van der Waals surface area (Å²) in [6, 6.07) is 11.1. The number of hydrogen-bond acceptors (Lipinski definition) is 1. The van der Waals surface area contributed by atoms with E-state index >= 15 is 0 Å². The Morgan fingerprint density at radius 1 is 0.905 bits per heavy atom. The number of hydrogen-bond donors (Lipinski definition) is 1. The van der Waals surface area contributed by atoms with Gasteiger partial charge < -0.3 is 5.32 Å². The van der Waals surface area contributed by atoms with Gasteiger partial charge in [0.1, 0.15) is 0 Å². The molecule has 0 aromatic heterocycles. The highest BCUT2D eigenvalue weighted by Crippen LogP contribution is 2.53. The summed E-state index contributed by atoms with van der Waals surface area (Å²) in [5, 5.41) is 3.76. The summed E-state index contributed by atoms with van der Waals surface area (Å²) in [5.74, 6) is 10.6. The molecule has 4 aliphatic carbocycles. The predicted molar refractivity (Wildman–Crippen MR) is 89.4 cm³/mol. The van der Waals surface area contributed by atoms with Crippen LogP contribution in [0.15, 0.2) is 30.3 Å². The Morgan fingerprint density at radius 2 is 1.52 bits per heavy atom. The van der Waals surface area contributed by atoms with Gasteiger partial charge in [0.2, 0.25) is 0 Å². The Hall–Kier alpha value is -0.970. The van der Waals surface area contributed by atoms with Crippen molar-refractivity contribution in [3.8, 4) is 11.8 Å². The molecule has 0 saturated heterocycles. The normalized spacial score (nSPS) is 35.7. The molecule has 4 fully saturated rings. The van der Waals surface area contributed by atoms with E-state index in [4.69, 9.17) is 0 Å². The standard InChI is InChI=1S/C19H23N.ClH/c1-2-5-14(6-3-1)7-4-8-20-19-17-10-15-9-16(12-17)13-18(19)11-15;/h1-3,5-6,15-20H,8-13H2;1H. The van der Waals surface area contributed by atoms with Crippen LogP contribution in [0.2, 0.25) is 0 Å². The van der Waals surface area contributed by atoms with E-state index < -0.39 is 0 Å². The molecule has 1 aromatic carbocycles. The Morgan fingerprint density at radius 3 is 2.14 bits per heavy atom. The average Bonchev–Trinajstić information content (AvgIpc) is 2.46. The van der Waals surface area contributed by atoms with Crippen LogP contribution in [0.1, 0.15) is 37.7 Å². The first-order valence-electron chi connectivity index (χ1n) is 8.16. The third-order valence-electron chi connectivity index (χ3n) is 5.66. The van der Waals surface area contributed by atoms with Crippen LogP contribution in [-0.2, 0) is 0 Å². The number of nitrogens with one attached hydrogen (secondary N) is 1. The molecule has 2 heteroatoms. The van der Waals surface area contributed by atoms with E-state index in [1.807, 2.05) is 6.07 Å². The molecule has 5 rings (SSSR count). The maximum absolute atomic E-state index is 3.76. The molecule has 0 heterocycles. The maximum atomic E-state index is 3.76. The first kappa shape index (κ1) is 14.9. The highest BCUT2D eigenvalue weighted by Gasteiger charge is 2.47. The highest BCUT2D eigenvalue weighted by atomic mass is 35.5. The van der Waals surface area contributed by atoms with E-state index in [0.717, 1.165) is 41.8 Å². The molecule has 4 bridgehead atoms. The van der Waals surface area contributed by atoms with Gasteiger partial charge in [0, 0.05) is 11.6 Å². The van der Waals surface area contributed by atoms with E-state index in [1.165, 1.54) is 32.1 Å². The van der Waals surface area contributed by atoms with Crippen molar-refractivity contribution in [3.05, 3.63) is 35.9 Å². The summed E-state index contributed by atoms with van der Waals surface area (Å²) >= 11 is 0. The molecule has 4 saturated carbocycles. The van der Waals surface area contributed by atoms with Crippen LogP contribution < -0.4 is 5.32 Å². The summed E-state index contributed by atoms with van der Waals surface area (Å²) in [6.07, 6.45) is 7.47. The van der Waals surface area contributed by atoms with Crippen LogP contribution >= 0.6 is 12.4 Å². The largest absolute Gasteiger partial charge is 0.303 e. The molecular formula is C19H24ClN. The first-order valence-corrected chi connectivity index (χ1v) is 8.16. The van der Waals surface area contributed by atoms with E-state index in [1.54, 1.807) is 0 Å². The quantitative estimate of drug-likeness (QED) is 0.818. The van der Waals surface area contributed by atoms with Crippen molar-refractivity contribution in [2.24, 2.45) is 23.7 Å². The molecule has 1 nitrogen and oxygen atoms in total. The number of rotatable bonds is 2. The van der Waals surface area contributed by atoms with Crippen LogP contribution in [0.5, 0.6) is 0 Å². The lowest BCUT2D eigenvalue weighted by molar-refractivity contribution is -0.0121. The summed E-state index contributed by atoms with van der Waals surface area (Å²) in [5.41, 5.74) is 1.12. The van der Waals surface area contributed by atoms with Gasteiger partial charge in [0.15, 0.2) is 0 Å². The Kier molecular flexibility index (Phi) is 4.57. The first-order chi connectivity index (χ1) is 9.88. The molecule has 0 amide bonds. The molecule has 0 aliphatic heterocycles. The Labute approximate surface area is 134 Å². The minimum atomic E-state index is 0. The maximum Gasteiger partial charge on any atom is 0.0582 e. The lowest BCUT2D eigenvalue weighted by atomic mass is 9.54. The van der Waals surface area contributed by atoms with Gasteiger partial charge in [-0.2, -0.15) is 0 Å². The van der Waals surface area contributed by atoms with Gasteiger partial charge in [-0.1, -0.05) is 30.0 Å². The third-order valence-corrected chi connectivity index (χ3v) is 5.66. The molecule has 0 radical (unpaired) electrons. The summed E-state index contributed by atoms with van der Waals surface area (Å²) in [7, 11) is 0. The SMILES string of the molecule is C(#Cc1ccccc1)CNC1C2CC3CC(C2)CC1C3.Cl. The molecule has 0 unspecified atom stereocenters. The van der Waals surface area contributed by atoms with Gasteiger partial charge in [-0.15, -0.1) is 12.4 Å². The van der Waals surface area contributed by atoms with E-state index in [-0.39, 0.29) is 12.4 Å². The zero-order valence-corrected chi connectivity index (χ0v) is 13.2. The second-order valence-electron chi connectivity index (χ2n) is 7.01. The number of benzene rings is 1. The molecule has 0 spiro atoms. The Bertz CT molecular complexity index is 499. The van der Waals surface area contributed by atoms with E-state index in [9.17, 15) is 0 Å². The van der Waals surface area contributed by atoms with Gasteiger partial charge in [-0.25, -0.2) is 0 Å². The van der Waals surface area contributed by atoms with Crippen molar-refractivity contribution in [1.82, 2.24) is 5.32 Å². The molecule has 0 atom stereocenters. The minimum absolute atomic E-state index is 0. The van der Waals surface area contributed by atoms with Crippen LogP contribution in [-0.4, -0.2) is 12.6 Å². The van der Waals surface area contributed by atoms with Crippen molar-refractivity contribution in [2.45, 2.75) is 38.1 Å². The predicted octanol–water partition coefficient (Wildman–Crippen LogP) is 3.87. The third kappa shape index (κ3) is 3.12. The van der Waals surface area contributed by atoms with Crippen molar-refractivity contribution >= 4 is 12.4 Å². The van der Waals surface area contributed by atoms with Crippen molar-refractivity contribution < 1.29 is 0 Å². The summed E-state index contributed by atoms with van der Waals surface area (Å²) < 4.78 is 0. The van der Waals surface area contributed by atoms with Crippen molar-refractivity contribution in [1.29, 1.82) is 0 Å². The van der Waals surface area contributed by atoms with Crippen LogP contribution in [0.4, 0.5) is 0 Å². The van der Waals surface area contributed by atoms with E-state index in [0.29, 0.717) is 0 Å². The monoisotopic (exact) mass is 301 g/mol. The van der Waals surface area contributed by atoms with Crippen LogP contribution in [0.3, 0.4) is 0 Å². The fraction of sp³-hybridized carbons (Fsp3) is 0.579. The van der Waals surface area contributed by atoms with Gasteiger partial charge >= 0.3 is 0 Å². The lowest BCUT2D eigenvalue weighted by Crippen LogP contribution is -2.54. The van der Waals surface area contributed by atoms with Crippen molar-refractivity contribution in [3.63, 3.8) is 0 Å². The summed E-state index contributed by atoms with van der Waals surface area (Å²) in [4.78, 5) is 0. The summed E-state index contributed by atoms with van der Waals surface area (Å²) in [6.45, 7) is 0.849. The van der Waals surface area contributed by atoms with Gasteiger partial charge in [0.25, 0.3) is 0 Å². The number of halogens is 1. The highest BCUT2D eigenvalue weighted by molar-refractivity contribution is 5.85. The van der Waals surface area contributed by atoms with Crippen molar-refractivity contribution in [2.75, 3.05) is 6.54 Å². The van der Waals surface area contributed by atoms with Gasteiger partial charge in [-0.05, 0) is 67.9 Å². The van der Waals surface area contributed by atoms with E-state index in [2.05, 4.69) is 41.4 Å². The fourth-order valence-electron chi connectivity index (χ4n) is 5.10. The van der Waals surface area contributed by atoms with Crippen LogP contribution in [0.25, 0.3) is 0 Å². The lowest BCUT2D eigenvalue weighted by Gasteiger charge is -2.54. The molecule has 1 aromatic rings. The van der Waals surface area contributed by atoms with Gasteiger partial charge in [-0.3, -0.25) is 0 Å². The molecular weight excluding hydrogens is 278 g/mol. The second-order valence-corrected chi connectivity index (χ2v) is 7.01. The molecule has 112 valence electrons. The molecule has 4 aliphatic rings. The smallest absolute Gasteiger partial charge is 0.0582 e. The van der Waals surface area contributed by atoms with Crippen LogP contribution in [0, 0.1) is 35.5 Å². The average molecular weight is 302 g/mol. The zero-order valence-electron chi connectivity index (χ0n) is 12.4. The molecule has 21 heavy (non-hydrogen) atoms. The second kappa shape index (κ2) is 6.42. The topological polar surface area (TPSA) is 12.0 Å². The molecule has 1 N–H and O–H groups in total. The minimum Gasteiger partial charge on any atom is -0.303 e. The Balaban J connectivity index is 0.00000132. The zero-order chi connectivity index (χ0) is 13.4. The van der Waals surface area contributed by atoms with Gasteiger partial charge in [0.05, 0.1) is 6.54 Å². The fourth-order valence-corrected chi connectivity index (χ4v) is 5.10.